The minimum absolute atomic E-state index is 0.356. The fourth-order valence-corrected chi connectivity index (χ4v) is 2.61. The summed E-state index contributed by atoms with van der Waals surface area (Å²) >= 11 is 9.66. The van der Waals surface area contributed by atoms with E-state index in [1.807, 2.05) is 20.8 Å². The van der Waals surface area contributed by atoms with E-state index in [9.17, 15) is 4.79 Å². The molecule has 1 N–H and O–H groups in total. The topological polar surface area (TPSA) is 41.6 Å². The maximum Gasteiger partial charge on any atom is 0.408 e. The Hall–Kier alpha value is -0.490. The number of hydrogen-bond acceptors (Lipinski definition) is 4. The molecule has 4 nitrogen and oxygen atoms in total. The van der Waals surface area contributed by atoms with Crippen LogP contribution < -0.4 is 5.32 Å². The van der Waals surface area contributed by atoms with Gasteiger partial charge >= 0.3 is 6.09 Å². The molecule has 1 heterocycles. The Morgan fingerprint density at radius 3 is 2.78 bits per heavy atom. The summed E-state index contributed by atoms with van der Waals surface area (Å²) in [4.78, 5) is 14.4. The number of rotatable bonds is 3. The van der Waals surface area contributed by atoms with E-state index in [0.717, 1.165) is 30.1 Å². The molecule has 1 unspecified atom stereocenters. The van der Waals surface area contributed by atoms with Gasteiger partial charge < -0.3 is 15.0 Å². The average Bonchev–Trinajstić information content (AvgIpc) is 2.71. The number of thiol groups is 1. The highest BCUT2D eigenvalue weighted by Crippen LogP contribution is 2.18. The summed E-state index contributed by atoms with van der Waals surface area (Å²) in [7, 11) is 0. The van der Waals surface area contributed by atoms with Gasteiger partial charge in [-0.1, -0.05) is 12.2 Å². The summed E-state index contributed by atoms with van der Waals surface area (Å²) in [5, 5.41) is 2.69. The molecule has 1 aliphatic heterocycles. The number of nitrogens with one attached hydrogen (secondary N) is 1. The minimum Gasteiger partial charge on any atom is -0.444 e. The molecule has 1 rings (SSSR count). The maximum absolute atomic E-state index is 11.5. The lowest BCUT2D eigenvalue weighted by Crippen LogP contribution is -2.43. The number of amides is 1. The van der Waals surface area contributed by atoms with Gasteiger partial charge in [0.15, 0.2) is 0 Å². The second-order valence-corrected chi connectivity index (χ2v) is 6.26. The molecule has 1 amide bonds. The highest BCUT2D eigenvalue weighted by Gasteiger charge is 2.25. The summed E-state index contributed by atoms with van der Waals surface area (Å²) in [5.41, 5.74) is -0.479. The third kappa shape index (κ3) is 5.02. The van der Waals surface area contributed by atoms with Crippen molar-refractivity contribution in [2.45, 2.75) is 45.3 Å². The monoisotopic (exact) mass is 290 g/mol. The zero-order chi connectivity index (χ0) is 13.8. The third-order valence-corrected chi connectivity index (χ3v) is 3.49. The molecule has 1 fully saturated rings. The fourth-order valence-electron chi connectivity index (χ4n) is 1.92. The Bertz CT molecular complexity index is 316. The van der Waals surface area contributed by atoms with Crippen LogP contribution in [0.1, 0.15) is 33.6 Å². The van der Waals surface area contributed by atoms with Crippen LogP contribution >= 0.6 is 24.8 Å². The van der Waals surface area contributed by atoms with Crippen LogP contribution in [-0.4, -0.2) is 46.5 Å². The van der Waals surface area contributed by atoms with Gasteiger partial charge in [0.05, 0.1) is 11.5 Å². The zero-order valence-electron chi connectivity index (χ0n) is 11.2. The molecular weight excluding hydrogens is 268 g/mol. The molecule has 1 aliphatic rings. The van der Waals surface area contributed by atoms with Crippen molar-refractivity contribution in [2.24, 2.45) is 0 Å². The van der Waals surface area contributed by atoms with Crippen LogP contribution in [0.2, 0.25) is 0 Å². The number of nitrogens with zero attached hydrogens (tertiary/aromatic N) is 1. The van der Waals surface area contributed by atoms with Crippen molar-refractivity contribution < 1.29 is 9.53 Å². The molecule has 104 valence electrons. The van der Waals surface area contributed by atoms with Gasteiger partial charge in [-0.2, -0.15) is 12.6 Å². The van der Waals surface area contributed by atoms with Gasteiger partial charge in [0, 0.05) is 18.3 Å². The van der Waals surface area contributed by atoms with Crippen LogP contribution in [0, 0.1) is 0 Å². The van der Waals surface area contributed by atoms with Crippen LogP contribution in [0.5, 0.6) is 0 Å². The molecule has 0 saturated carbocycles. The van der Waals surface area contributed by atoms with Crippen molar-refractivity contribution >= 4 is 35.9 Å². The number of carbonyl (C=O) groups excluding carboxylic acids is 1. The number of hydrogen-bond donors (Lipinski definition) is 2. The first-order chi connectivity index (χ1) is 8.33. The van der Waals surface area contributed by atoms with E-state index in [0.29, 0.717) is 12.6 Å². The Balaban J connectivity index is 2.35. The van der Waals surface area contributed by atoms with E-state index in [4.69, 9.17) is 17.0 Å². The molecular formula is C12H22N2O2S2. The Morgan fingerprint density at radius 2 is 2.22 bits per heavy atom. The van der Waals surface area contributed by atoms with Crippen molar-refractivity contribution in [3.8, 4) is 0 Å². The lowest BCUT2D eigenvalue weighted by Gasteiger charge is -2.26. The van der Waals surface area contributed by atoms with Crippen molar-refractivity contribution in [3.05, 3.63) is 0 Å². The lowest BCUT2D eigenvalue weighted by atomic mass is 10.2. The molecule has 0 aromatic heterocycles. The molecule has 0 aliphatic carbocycles. The first kappa shape index (κ1) is 15.6. The Morgan fingerprint density at radius 1 is 1.56 bits per heavy atom. The molecule has 0 aromatic rings. The Kier molecular flexibility index (Phi) is 5.72. The molecule has 6 heteroatoms. The quantitative estimate of drug-likeness (QED) is 0.618. The van der Waals surface area contributed by atoms with Crippen molar-refractivity contribution in [3.63, 3.8) is 0 Å². The number of alkyl carbamates (subject to hydrolysis) is 1. The third-order valence-electron chi connectivity index (χ3n) is 2.69. The minimum atomic E-state index is -0.479. The molecule has 18 heavy (non-hydrogen) atoms. The van der Waals surface area contributed by atoms with Crippen LogP contribution in [0.15, 0.2) is 0 Å². The van der Waals surface area contributed by atoms with E-state index in [1.54, 1.807) is 0 Å². The van der Waals surface area contributed by atoms with E-state index in [2.05, 4.69) is 22.8 Å². The van der Waals surface area contributed by atoms with Crippen LogP contribution in [0.25, 0.3) is 0 Å². The standard InChI is InChI=1S/C12H22N2O2S2/c1-12(2,3)16-11(15)13-7-10(18)14-6-4-5-9(14)8-17/h9,17H,4-8H2,1-3H3,(H,13,15). The second kappa shape index (κ2) is 6.61. The molecule has 0 radical (unpaired) electrons. The highest BCUT2D eigenvalue weighted by atomic mass is 32.1. The normalized spacial score (nSPS) is 19.8. The highest BCUT2D eigenvalue weighted by molar-refractivity contribution is 7.80. The van der Waals surface area contributed by atoms with E-state index in [1.165, 1.54) is 0 Å². The molecule has 0 spiro atoms. The summed E-state index contributed by atoms with van der Waals surface area (Å²) in [6.45, 7) is 6.82. The van der Waals surface area contributed by atoms with Crippen molar-refractivity contribution in [1.82, 2.24) is 10.2 Å². The van der Waals surface area contributed by atoms with Gasteiger partial charge in [0.1, 0.15) is 5.60 Å². The predicted octanol–water partition coefficient (Wildman–Crippen LogP) is 2.23. The average molecular weight is 290 g/mol. The summed E-state index contributed by atoms with van der Waals surface area (Å²) in [6.07, 6.45) is 1.83. The molecule has 0 bridgehead atoms. The second-order valence-electron chi connectivity index (χ2n) is 5.42. The van der Waals surface area contributed by atoms with Crippen molar-refractivity contribution in [1.29, 1.82) is 0 Å². The van der Waals surface area contributed by atoms with E-state index >= 15 is 0 Å². The number of likely N-dealkylation sites (tertiary alicyclic amines) is 1. The van der Waals surface area contributed by atoms with Gasteiger partial charge in [-0.05, 0) is 33.6 Å². The van der Waals surface area contributed by atoms with E-state index < -0.39 is 11.7 Å². The maximum atomic E-state index is 11.5. The lowest BCUT2D eigenvalue weighted by molar-refractivity contribution is 0.0535. The van der Waals surface area contributed by atoms with Gasteiger partial charge in [-0.25, -0.2) is 4.79 Å². The SMILES string of the molecule is CC(C)(C)OC(=O)NCC(=S)N1CCCC1CS. The summed E-state index contributed by atoms with van der Waals surface area (Å²) in [6, 6.07) is 0.404. The van der Waals surface area contributed by atoms with Gasteiger partial charge in [-0.15, -0.1) is 0 Å². The van der Waals surface area contributed by atoms with E-state index in [-0.39, 0.29) is 0 Å². The first-order valence-corrected chi connectivity index (χ1v) is 7.25. The van der Waals surface area contributed by atoms with Gasteiger partial charge in [0.2, 0.25) is 0 Å². The molecule has 1 saturated heterocycles. The van der Waals surface area contributed by atoms with Crippen molar-refractivity contribution in [2.75, 3.05) is 18.8 Å². The predicted molar refractivity (Wildman–Crippen MR) is 80.4 cm³/mol. The largest absolute Gasteiger partial charge is 0.444 e. The fraction of sp³-hybridized carbons (Fsp3) is 0.833. The molecule has 1 atom stereocenters. The number of thiocarbonyl (C=S) groups is 1. The summed E-state index contributed by atoms with van der Waals surface area (Å²) < 4.78 is 5.16. The van der Waals surface area contributed by atoms with Crippen LogP contribution in [0.4, 0.5) is 4.79 Å². The van der Waals surface area contributed by atoms with Crippen LogP contribution in [0.3, 0.4) is 0 Å². The molecule has 0 aromatic carbocycles. The Labute approximate surface area is 120 Å². The van der Waals surface area contributed by atoms with Gasteiger partial charge in [0.25, 0.3) is 0 Å². The number of ether oxygens (including phenoxy) is 1. The number of carbonyl (C=O) groups is 1. The summed E-state index contributed by atoms with van der Waals surface area (Å²) in [5.74, 6) is 0.798. The van der Waals surface area contributed by atoms with Crippen LogP contribution in [-0.2, 0) is 4.74 Å². The smallest absolute Gasteiger partial charge is 0.408 e. The zero-order valence-corrected chi connectivity index (χ0v) is 12.9. The first-order valence-electron chi connectivity index (χ1n) is 6.20. The van der Waals surface area contributed by atoms with Gasteiger partial charge in [-0.3, -0.25) is 0 Å².